The molecule has 1 atom stereocenters. The highest BCUT2D eigenvalue weighted by atomic mass is 32.2. The number of carbonyl (C=O) groups is 2. The second-order valence-corrected chi connectivity index (χ2v) is 8.68. The Hall–Kier alpha value is -1.89. The summed E-state index contributed by atoms with van der Waals surface area (Å²) in [5.74, 6) is 3.02. The summed E-state index contributed by atoms with van der Waals surface area (Å²) in [5.41, 5.74) is 1.24. The van der Waals surface area contributed by atoms with Gasteiger partial charge in [0.25, 0.3) is 0 Å². The zero-order chi connectivity index (χ0) is 18.8. The Morgan fingerprint density at radius 2 is 1.74 bits per heavy atom. The molecule has 7 heteroatoms. The Morgan fingerprint density at radius 3 is 2.52 bits per heavy atom. The van der Waals surface area contributed by atoms with Crippen LogP contribution in [0.15, 0.2) is 18.2 Å². The van der Waals surface area contributed by atoms with Crippen LogP contribution in [0.4, 0.5) is 0 Å². The van der Waals surface area contributed by atoms with Gasteiger partial charge in [-0.2, -0.15) is 11.8 Å². The van der Waals surface area contributed by atoms with Gasteiger partial charge < -0.3 is 19.3 Å². The van der Waals surface area contributed by atoms with Gasteiger partial charge in [-0.05, 0) is 37.0 Å². The molecule has 0 aliphatic carbocycles. The van der Waals surface area contributed by atoms with E-state index in [0.717, 1.165) is 49.6 Å². The first-order valence-corrected chi connectivity index (χ1v) is 10.7. The minimum atomic E-state index is 0.0627. The molecule has 2 amide bonds. The molecule has 2 fully saturated rings. The van der Waals surface area contributed by atoms with Crippen LogP contribution in [0.3, 0.4) is 0 Å². The second-order valence-electron chi connectivity index (χ2n) is 7.37. The Labute approximate surface area is 164 Å². The van der Waals surface area contributed by atoms with Crippen LogP contribution in [-0.4, -0.2) is 60.3 Å². The van der Waals surface area contributed by atoms with Crippen molar-refractivity contribution in [3.8, 4) is 11.5 Å². The predicted octanol–water partition coefficient (Wildman–Crippen LogP) is 2.68. The lowest BCUT2D eigenvalue weighted by Crippen LogP contribution is -2.44. The summed E-state index contributed by atoms with van der Waals surface area (Å²) >= 11 is 1.91. The van der Waals surface area contributed by atoms with E-state index >= 15 is 0 Å². The SMILES string of the molecule is CC(=O)N1CCC(C(=O)N2CCSC(c3ccc4c(c3)OCO4)CC2)CC1. The maximum Gasteiger partial charge on any atom is 0.231 e. The molecule has 146 valence electrons. The van der Waals surface area contributed by atoms with Crippen LogP contribution in [0.2, 0.25) is 0 Å². The molecule has 0 aromatic heterocycles. The quantitative estimate of drug-likeness (QED) is 0.777. The van der Waals surface area contributed by atoms with Crippen molar-refractivity contribution in [2.24, 2.45) is 5.92 Å². The average molecular weight is 391 g/mol. The summed E-state index contributed by atoms with van der Waals surface area (Å²) in [4.78, 5) is 28.3. The van der Waals surface area contributed by atoms with Crippen molar-refractivity contribution in [1.82, 2.24) is 9.80 Å². The summed E-state index contributed by atoms with van der Waals surface area (Å²) in [7, 11) is 0. The predicted molar refractivity (Wildman–Crippen MR) is 104 cm³/mol. The van der Waals surface area contributed by atoms with Crippen molar-refractivity contribution in [1.29, 1.82) is 0 Å². The van der Waals surface area contributed by atoms with Gasteiger partial charge in [-0.25, -0.2) is 0 Å². The van der Waals surface area contributed by atoms with Crippen molar-refractivity contribution in [2.75, 3.05) is 38.7 Å². The van der Waals surface area contributed by atoms with Gasteiger partial charge in [-0.1, -0.05) is 6.07 Å². The van der Waals surface area contributed by atoms with E-state index in [0.29, 0.717) is 25.1 Å². The van der Waals surface area contributed by atoms with E-state index in [4.69, 9.17) is 9.47 Å². The van der Waals surface area contributed by atoms with Crippen LogP contribution < -0.4 is 9.47 Å². The standard InChI is InChI=1S/C20H26N2O4S/c1-14(23)21-7-4-15(5-8-21)20(24)22-9-6-19(27-11-10-22)16-2-3-17-18(12-16)26-13-25-17/h2-3,12,15,19H,4-11,13H2,1H3. The lowest BCUT2D eigenvalue weighted by molar-refractivity contribution is -0.139. The first-order valence-electron chi connectivity index (χ1n) is 9.67. The molecule has 1 unspecified atom stereocenters. The van der Waals surface area contributed by atoms with Crippen molar-refractivity contribution < 1.29 is 19.1 Å². The molecule has 3 aliphatic rings. The summed E-state index contributed by atoms with van der Waals surface area (Å²) in [6.45, 7) is 4.89. The third-order valence-corrected chi connectivity index (χ3v) is 7.04. The average Bonchev–Trinajstić information content (AvgIpc) is 3.02. The molecule has 0 saturated carbocycles. The fourth-order valence-electron chi connectivity index (χ4n) is 4.07. The summed E-state index contributed by atoms with van der Waals surface area (Å²) in [6.07, 6.45) is 2.52. The first kappa shape index (κ1) is 18.5. The van der Waals surface area contributed by atoms with Crippen molar-refractivity contribution in [3.63, 3.8) is 0 Å². The van der Waals surface area contributed by atoms with Gasteiger partial charge in [-0.15, -0.1) is 0 Å². The Morgan fingerprint density at radius 1 is 1.00 bits per heavy atom. The number of likely N-dealkylation sites (tertiary alicyclic amines) is 1. The van der Waals surface area contributed by atoms with Crippen LogP contribution in [-0.2, 0) is 9.59 Å². The van der Waals surface area contributed by atoms with Crippen molar-refractivity contribution >= 4 is 23.6 Å². The summed E-state index contributed by atoms with van der Waals surface area (Å²) in [5, 5.41) is 0.372. The second kappa shape index (κ2) is 8.00. The number of amides is 2. The highest BCUT2D eigenvalue weighted by molar-refractivity contribution is 7.99. The van der Waals surface area contributed by atoms with Crippen molar-refractivity contribution in [3.05, 3.63) is 23.8 Å². The van der Waals surface area contributed by atoms with Gasteiger partial charge >= 0.3 is 0 Å². The van der Waals surface area contributed by atoms with Crippen LogP contribution in [0.25, 0.3) is 0 Å². The van der Waals surface area contributed by atoms with E-state index < -0.39 is 0 Å². The first-order chi connectivity index (χ1) is 13.1. The smallest absolute Gasteiger partial charge is 0.231 e. The number of hydrogen-bond acceptors (Lipinski definition) is 5. The maximum atomic E-state index is 13.0. The van der Waals surface area contributed by atoms with E-state index in [9.17, 15) is 9.59 Å². The van der Waals surface area contributed by atoms with Gasteiger partial charge in [0.05, 0.1) is 0 Å². The molecule has 0 bridgehead atoms. The van der Waals surface area contributed by atoms with E-state index in [1.807, 2.05) is 27.6 Å². The zero-order valence-electron chi connectivity index (χ0n) is 15.7. The van der Waals surface area contributed by atoms with Gasteiger partial charge in [-0.3, -0.25) is 9.59 Å². The number of carbonyl (C=O) groups excluding carboxylic acids is 2. The number of hydrogen-bond donors (Lipinski definition) is 0. The van der Waals surface area contributed by atoms with Crippen LogP contribution in [0.1, 0.15) is 37.0 Å². The number of rotatable bonds is 2. The fraction of sp³-hybridized carbons (Fsp3) is 0.600. The molecule has 0 radical (unpaired) electrons. The normalized spacial score (nSPS) is 23.2. The maximum absolute atomic E-state index is 13.0. The molecule has 3 heterocycles. The number of thioether (sulfide) groups is 1. The highest BCUT2D eigenvalue weighted by Crippen LogP contribution is 2.40. The number of fused-ring (bicyclic) bond motifs is 1. The molecule has 2 saturated heterocycles. The van der Waals surface area contributed by atoms with Crippen LogP contribution >= 0.6 is 11.8 Å². The molecule has 0 N–H and O–H groups in total. The molecule has 4 rings (SSSR count). The highest BCUT2D eigenvalue weighted by Gasteiger charge is 2.31. The third-order valence-electron chi connectivity index (χ3n) is 5.71. The van der Waals surface area contributed by atoms with Gasteiger partial charge in [0.2, 0.25) is 18.6 Å². The minimum absolute atomic E-state index is 0.0627. The van der Waals surface area contributed by atoms with E-state index in [1.165, 1.54) is 5.56 Å². The molecule has 27 heavy (non-hydrogen) atoms. The Balaban J connectivity index is 1.34. The lowest BCUT2D eigenvalue weighted by atomic mass is 9.95. The van der Waals surface area contributed by atoms with Gasteiger partial charge in [0, 0.05) is 50.0 Å². The largest absolute Gasteiger partial charge is 0.454 e. The van der Waals surface area contributed by atoms with Crippen LogP contribution in [0, 0.1) is 5.92 Å². The van der Waals surface area contributed by atoms with Gasteiger partial charge in [0.1, 0.15) is 0 Å². The summed E-state index contributed by atoms with van der Waals surface area (Å²) < 4.78 is 10.9. The molecule has 1 aromatic rings. The minimum Gasteiger partial charge on any atom is -0.454 e. The fourth-order valence-corrected chi connectivity index (χ4v) is 5.29. The van der Waals surface area contributed by atoms with E-state index in [2.05, 4.69) is 12.1 Å². The number of ether oxygens (including phenoxy) is 2. The molecule has 1 aromatic carbocycles. The zero-order valence-corrected chi connectivity index (χ0v) is 16.5. The third kappa shape index (κ3) is 4.03. The molecule has 3 aliphatic heterocycles. The molecular weight excluding hydrogens is 364 g/mol. The number of piperidine rings is 1. The Bertz CT molecular complexity index is 718. The van der Waals surface area contributed by atoms with Gasteiger partial charge in [0.15, 0.2) is 11.5 Å². The number of nitrogens with zero attached hydrogens (tertiary/aromatic N) is 2. The molecule has 0 spiro atoms. The Kier molecular flexibility index (Phi) is 5.48. The lowest BCUT2D eigenvalue weighted by Gasteiger charge is -2.33. The van der Waals surface area contributed by atoms with Crippen LogP contribution in [0.5, 0.6) is 11.5 Å². The summed E-state index contributed by atoms with van der Waals surface area (Å²) in [6, 6.07) is 6.17. The molecular formula is C20H26N2O4S. The number of benzene rings is 1. The monoisotopic (exact) mass is 390 g/mol. The van der Waals surface area contributed by atoms with E-state index in [-0.39, 0.29) is 17.7 Å². The van der Waals surface area contributed by atoms with E-state index in [1.54, 1.807) is 6.92 Å². The van der Waals surface area contributed by atoms with Crippen molar-refractivity contribution in [2.45, 2.75) is 31.4 Å². The topological polar surface area (TPSA) is 59.1 Å². The molecule has 6 nitrogen and oxygen atoms in total.